The number of pyridine rings is 2. The molecule has 1 aliphatic heterocycles. The van der Waals surface area contributed by atoms with Crippen LogP contribution in [0.5, 0.6) is 0 Å². The number of hydrogen-bond acceptors (Lipinski definition) is 8. The fourth-order valence-electron chi connectivity index (χ4n) is 4.88. The lowest BCUT2D eigenvalue weighted by molar-refractivity contribution is -0.0311. The molecule has 0 aliphatic carbocycles. The molecule has 10 heteroatoms. The van der Waals surface area contributed by atoms with Gasteiger partial charge in [0.15, 0.2) is 0 Å². The summed E-state index contributed by atoms with van der Waals surface area (Å²) >= 11 is 0. The maximum absolute atomic E-state index is 13.9. The second kappa shape index (κ2) is 11.4. The molecule has 220 valence electrons. The summed E-state index contributed by atoms with van der Waals surface area (Å²) < 4.78 is 27.8. The van der Waals surface area contributed by atoms with Crippen LogP contribution in [-0.2, 0) is 0 Å². The number of alkyl halides is 2. The molecule has 2 aromatic carbocycles. The molecule has 1 atom stereocenters. The molecule has 0 amide bonds. The second-order valence-corrected chi connectivity index (χ2v) is 12.3. The Morgan fingerprint density at radius 3 is 2.53 bits per heavy atom. The Labute approximate surface area is 250 Å². The molecule has 0 fully saturated rings. The maximum atomic E-state index is 13.9. The smallest absolute Gasteiger partial charge is 0.262 e. The molecule has 0 saturated carbocycles. The number of hydrazine groups is 2. The molecule has 1 aliphatic rings. The molecule has 0 saturated heterocycles. The van der Waals surface area contributed by atoms with Crippen LogP contribution in [0.1, 0.15) is 57.4 Å². The molecular weight excluding hydrogens is 546 g/mol. The van der Waals surface area contributed by atoms with E-state index in [1.54, 1.807) is 24.7 Å². The predicted octanol–water partition coefficient (Wildman–Crippen LogP) is 6.46. The molecule has 5 rings (SSSR count). The topological polar surface area (TPSA) is 101 Å². The zero-order valence-corrected chi connectivity index (χ0v) is 24.8. The van der Waals surface area contributed by atoms with E-state index in [4.69, 9.17) is 6.42 Å². The number of rotatable bonds is 8. The van der Waals surface area contributed by atoms with E-state index >= 15 is 0 Å². The first-order valence-corrected chi connectivity index (χ1v) is 13.9. The van der Waals surface area contributed by atoms with Crippen molar-refractivity contribution in [3.63, 3.8) is 0 Å². The average molecular weight is 581 g/mol. The minimum absolute atomic E-state index is 0.0334. The van der Waals surface area contributed by atoms with Crippen LogP contribution >= 0.6 is 0 Å². The molecule has 2 aromatic heterocycles. The van der Waals surface area contributed by atoms with Gasteiger partial charge in [-0.25, -0.2) is 8.78 Å². The number of fused-ring (bicyclic) bond motifs is 2. The van der Waals surface area contributed by atoms with E-state index in [9.17, 15) is 14.0 Å². The van der Waals surface area contributed by atoms with E-state index in [-0.39, 0.29) is 5.41 Å². The molecule has 0 radical (unpaired) electrons. The van der Waals surface area contributed by atoms with Gasteiger partial charge < -0.3 is 16.1 Å². The quantitative estimate of drug-likeness (QED) is 0.176. The Kier molecular flexibility index (Phi) is 7.83. The Bertz CT molecular complexity index is 1790. The Morgan fingerprint density at radius 1 is 1.05 bits per heavy atom. The zero-order valence-electron chi connectivity index (χ0n) is 24.8. The van der Waals surface area contributed by atoms with Gasteiger partial charge in [0.05, 0.1) is 39.6 Å². The summed E-state index contributed by atoms with van der Waals surface area (Å²) in [4.78, 5) is 9.03. The lowest BCUT2D eigenvalue weighted by atomic mass is 9.96. The molecule has 0 bridgehead atoms. The Balaban J connectivity index is 1.67. The van der Waals surface area contributed by atoms with Crippen LogP contribution in [0.2, 0.25) is 0 Å². The van der Waals surface area contributed by atoms with Gasteiger partial charge in [0.25, 0.3) is 6.43 Å². The van der Waals surface area contributed by atoms with Gasteiger partial charge in [-0.2, -0.15) is 5.26 Å². The number of nitriles is 1. The van der Waals surface area contributed by atoms with E-state index in [2.05, 4.69) is 64.3 Å². The summed E-state index contributed by atoms with van der Waals surface area (Å²) in [6.07, 6.45) is 8.21. The van der Waals surface area contributed by atoms with E-state index in [0.29, 0.717) is 40.0 Å². The molecule has 4 N–H and O–H groups in total. The van der Waals surface area contributed by atoms with Crippen molar-refractivity contribution in [2.24, 2.45) is 5.41 Å². The number of anilines is 2. The van der Waals surface area contributed by atoms with Crippen molar-refractivity contribution in [2.45, 2.75) is 52.6 Å². The number of terminal acetylenes is 1. The molecule has 3 heterocycles. The molecule has 43 heavy (non-hydrogen) atoms. The number of hydrogen-bond donors (Lipinski definition) is 4. The van der Waals surface area contributed by atoms with E-state index in [1.807, 2.05) is 36.4 Å². The van der Waals surface area contributed by atoms with Crippen molar-refractivity contribution in [1.29, 1.82) is 5.26 Å². The first-order valence-electron chi connectivity index (χ1n) is 13.9. The molecule has 0 spiro atoms. The lowest BCUT2D eigenvalue weighted by Gasteiger charge is -2.33. The number of nitrogens with one attached hydrogen (secondary N) is 4. The second-order valence-electron chi connectivity index (χ2n) is 12.3. The normalized spacial score (nSPS) is 14.3. The Morgan fingerprint density at radius 2 is 1.84 bits per heavy atom. The summed E-state index contributed by atoms with van der Waals surface area (Å²) in [6, 6.07) is 15.0. The van der Waals surface area contributed by atoms with E-state index < -0.39 is 18.0 Å². The predicted molar refractivity (Wildman–Crippen MR) is 167 cm³/mol. The fraction of sp³-hybridized carbons (Fsp3) is 0.303. The third kappa shape index (κ3) is 5.88. The monoisotopic (exact) mass is 580 g/mol. The van der Waals surface area contributed by atoms with Gasteiger partial charge in [-0.3, -0.25) is 15.0 Å². The number of halogens is 2. The summed E-state index contributed by atoms with van der Waals surface area (Å²) in [5.74, 6) is 2.71. The summed E-state index contributed by atoms with van der Waals surface area (Å²) in [6.45, 7) is 9.91. The van der Waals surface area contributed by atoms with Gasteiger partial charge in [-0.05, 0) is 49.1 Å². The van der Waals surface area contributed by atoms with Gasteiger partial charge in [0.2, 0.25) is 0 Å². The molecule has 8 nitrogen and oxygen atoms in total. The summed E-state index contributed by atoms with van der Waals surface area (Å²) in [5, 5.41) is 20.1. The van der Waals surface area contributed by atoms with Crippen molar-refractivity contribution in [2.75, 3.05) is 17.2 Å². The van der Waals surface area contributed by atoms with Gasteiger partial charge in [0, 0.05) is 41.6 Å². The van der Waals surface area contributed by atoms with Crippen molar-refractivity contribution in [3.05, 3.63) is 83.4 Å². The van der Waals surface area contributed by atoms with Crippen LogP contribution in [-0.4, -0.2) is 33.5 Å². The highest BCUT2D eigenvalue weighted by Gasteiger charge is 2.38. The van der Waals surface area contributed by atoms with Crippen LogP contribution in [0.25, 0.3) is 21.8 Å². The minimum atomic E-state index is -2.61. The lowest BCUT2D eigenvalue weighted by Crippen LogP contribution is -2.53. The fourth-order valence-corrected chi connectivity index (χ4v) is 4.88. The van der Waals surface area contributed by atoms with Crippen molar-refractivity contribution in [1.82, 2.24) is 25.9 Å². The van der Waals surface area contributed by atoms with Gasteiger partial charge >= 0.3 is 0 Å². The van der Waals surface area contributed by atoms with Gasteiger partial charge in [-0.15, -0.1) is 12.0 Å². The highest BCUT2D eigenvalue weighted by Crippen LogP contribution is 2.37. The van der Waals surface area contributed by atoms with Crippen molar-refractivity contribution in [3.8, 4) is 18.4 Å². The molecule has 4 aromatic rings. The van der Waals surface area contributed by atoms with Crippen molar-refractivity contribution < 1.29 is 8.78 Å². The minimum Gasteiger partial charge on any atom is -0.383 e. The average Bonchev–Trinajstić information content (AvgIpc) is 3.48. The van der Waals surface area contributed by atoms with E-state index in [1.165, 1.54) is 18.9 Å². The maximum Gasteiger partial charge on any atom is 0.262 e. The standard InChI is InChI=1S/C33H34F2N8/c1-7-20-17-38-29-21(16-36)14-22(15-25(29)28(20)39-19-32(2,3)4)40-30(24-10-8-12-26-23(24)11-9-13-37-26)27-18-43(42-41-27)33(5,6)31(34)35/h1,8-15,17-18,30-31,40-42H,19H2,2-6H3,(H,38,39)/t30-/m0/s1. The third-order valence-corrected chi connectivity index (χ3v) is 7.40. The number of aromatic nitrogens is 2. The molecule has 0 unspecified atom stereocenters. The first-order chi connectivity index (χ1) is 20.4. The Hall–Kier alpha value is -4.93. The van der Waals surface area contributed by atoms with E-state index in [0.717, 1.165) is 22.2 Å². The van der Waals surface area contributed by atoms with Crippen LogP contribution in [0.4, 0.5) is 20.2 Å². The van der Waals surface area contributed by atoms with Crippen molar-refractivity contribution >= 4 is 33.2 Å². The van der Waals surface area contributed by atoms with Crippen LogP contribution in [0.3, 0.4) is 0 Å². The third-order valence-electron chi connectivity index (χ3n) is 7.40. The largest absolute Gasteiger partial charge is 0.383 e. The molecular formula is C33H34F2N8. The van der Waals surface area contributed by atoms with Crippen LogP contribution in [0, 0.1) is 29.1 Å². The first kappa shape index (κ1) is 29.6. The van der Waals surface area contributed by atoms with Crippen LogP contribution in [0.15, 0.2) is 66.8 Å². The summed E-state index contributed by atoms with van der Waals surface area (Å²) in [7, 11) is 0. The van der Waals surface area contributed by atoms with Gasteiger partial charge in [-0.1, -0.05) is 44.9 Å². The SMILES string of the molecule is C#Cc1cnc2c(C#N)cc(N[C@H](C3=CN(C(C)(C)C(F)F)NN3)c3cccc4ncccc34)cc2c1NCC(C)(C)C. The van der Waals surface area contributed by atoms with Gasteiger partial charge in [0.1, 0.15) is 11.6 Å². The highest BCUT2D eigenvalue weighted by atomic mass is 19.3. The van der Waals surface area contributed by atoms with Crippen LogP contribution < -0.4 is 21.6 Å². The zero-order chi connectivity index (χ0) is 30.9. The number of nitrogens with zero attached hydrogens (tertiary/aromatic N) is 4. The highest BCUT2D eigenvalue weighted by molar-refractivity contribution is 5.99. The number of benzene rings is 2. The summed E-state index contributed by atoms with van der Waals surface area (Å²) in [5.41, 5.74) is 9.53.